The summed E-state index contributed by atoms with van der Waals surface area (Å²) >= 11 is 0. The molecule has 7 amide bonds. The summed E-state index contributed by atoms with van der Waals surface area (Å²) < 4.78 is 13.2. The quantitative estimate of drug-likeness (QED) is 0.0602. The molecule has 0 radical (unpaired) electrons. The van der Waals surface area contributed by atoms with Crippen molar-refractivity contribution in [1.82, 2.24) is 36.8 Å². The number of halogens is 1. The van der Waals surface area contributed by atoms with Gasteiger partial charge >= 0.3 is 5.97 Å². The molecule has 11 N–H and O–H groups in total. The molecule has 326 valence electrons. The van der Waals surface area contributed by atoms with Crippen LogP contribution in [-0.4, -0.2) is 121 Å². The van der Waals surface area contributed by atoms with E-state index in [9.17, 15) is 47.9 Å². The fourth-order valence-corrected chi connectivity index (χ4v) is 7.16. The summed E-state index contributed by atoms with van der Waals surface area (Å²) in [5.74, 6) is -7.34. The summed E-state index contributed by atoms with van der Waals surface area (Å²) in [5.41, 5.74) is 11.2. The van der Waals surface area contributed by atoms with E-state index in [-0.39, 0.29) is 68.9 Å². The number of hydrogen-bond acceptors (Lipinski definition) is 9. The minimum atomic E-state index is -1.49. The number of benzene rings is 1. The van der Waals surface area contributed by atoms with Crippen molar-refractivity contribution >= 4 is 53.3 Å². The molecule has 20 heteroatoms. The van der Waals surface area contributed by atoms with Crippen LogP contribution in [0.2, 0.25) is 0 Å². The first-order valence-corrected chi connectivity index (χ1v) is 20.0. The van der Waals surface area contributed by atoms with E-state index >= 15 is 0 Å². The third kappa shape index (κ3) is 16.2. The predicted molar refractivity (Wildman–Crippen MR) is 213 cm³/mol. The van der Waals surface area contributed by atoms with Gasteiger partial charge in [-0.3, -0.25) is 43.3 Å². The topological polar surface area (TPSA) is 297 Å². The van der Waals surface area contributed by atoms with Gasteiger partial charge in [-0.2, -0.15) is 0 Å². The molecule has 2 fully saturated rings. The fourth-order valence-electron chi connectivity index (χ4n) is 7.16. The maximum absolute atomic E-state index is 14.0. The Morgan fingerprint density at radius 1 is 0.932 bits per heavy atom. The summed E-state index contributed by atoms with van der Waals surface area (Å²) in [4.78, 5) is 110. The van der Waals surface area contributed by atoms with Crippen molar-refractivity contribution in [1.29, 1.82) is 0 Å². The maximum Gasteiger partial charge on any atom is 0.305 e. The number of hydrogen-bond donors (Lipinski definition) is 9. The van der Waals surface area contributed by atoms with E-state index in [1.165, 1.54) is 36.2 Å². The van der Waals surface area contributed by atoms with Crippen molar-refractivity contribution in [2.45, 2.75) is 102 Å². The summed E-state index contributed by atoms with van der Waals surface area (Å²) in [6.07, 6.45) is 2.41. The number of fused-ring (bicyclic) bond motifs is 2. The van der Waals surface area contributed by atoms with E-state index in [0.29, 0.717) is 37.8 Å². The Kier molecular flexibility index (Phi) is 19.0. The van der Waals surface area contributed by atoms with Gasteiger partial charge in [0.05, 0.1) is 13.0 Å². The van der Waals surface area contributed by atoms with Crippen molar-refractivity contribution in [2.75, 3.05) is 33.2 Å². The minimum absolute atomic E-state index is 0.00183. The number of carbonyl (C=O) groups excluding carboxylic acids is 7. The SMILES string of the molecule is CC(C)[C@H]1NC(=O)C2CC(CNC(=O)[C@H](CC(=O)O)NC(=O)CNC(=O)[C@H](CCCN=C(N)N)N(C)C1=O)CC(NC(=O)CCCCCNC(=O)c1ccc([18F])cc1)C2. The van der Waals surface area contributed by atoms with Gasteiger partial charge in [0.1, 0.15) is 23.9 Å². The second-order valence-corrected chi connectivity index (χ2v) is 15.4. The van der Waals surface area contributed by atoms with Crippen molar-refractivity contribution < 1.29 is 47.9 Å². The number of nitrogens with one attached hydrogen (secondary N) is 6. The van der Waals surface area contributed by atoms with Gasteiger partial charge in [0.25, 0.3) is 5.91 Å². The van der Waals surface area contributed by atoms with Crippen molar-refractivity contribution in [3.63, 3.8) is 0 Å². The molecule has 1 aromatic rings. The van der Waals surface area contributed by atoms with Gasteiger partial charge in [-0.15, -0.1) is 0 Å². The molecule has 1 aliphatic heterocycles. The van der Waals surface area contributed by atoms with Crippen LogP contribution in [0.5, 0.6) is 0 Å². The Morgan fingerprint density at radius 3 is 2.31 bits per heavy atom. The van der Waals surface area contributed by atoms with Gasteiger partial charge < -0.3 is 53.4 Å². The normalized spacial score (nSPS) is 23.4. The number of likely N-dealkylation sites (N-methyl/N-ethyl adjacent to an activating group) is 1. The van der Waals surface area contributed by atoms with Gasteiger partial charge in [0.2, 0.25) is 35.4 Å². The average Bonchev–Trinajstić information content (AvgIpc) is 3.17. The third-order valence-electron chi connectivity index (χ3n) is 10.3. The zero-order valence-corrected chi connectivity index (χ0v) is 33.9. The van der Waals surface area contributed by atoms with Gasteiger partial charge in [0, 0.05) is 50.6 Å². The Balaban J connectivity index is 1.76. The average molecular weight is 830 g/mol. The van der Waals surface area contributed by atoms with Crippen LogP contribution in [0.1, 0.15) is 88.4 Å². The molecule has 0 spiro atoms. The minimum Gasteiger partial charge on any atom is -0.481 e. The molecule has 1 aromatic carbocycles. The molecule has 1 saturated heterocycles. The lowest BCUT2D eigenvalue weighted by Gasteiger charge is -2.37. The maximum atomic E-state index is 14.0. The molecule has 19 nitrogen and oxygen atoms in total. The van der Waals surface area contributed by atoms with Crippen LogP contribution in [0, 0.1) is 23.6 Å². The first-order valence-electron chi connectivity index (χ1n) is 20.0. The van der Waals surface area contributed by atoms with Gasteiger partial charge in [0.15, 0.2) is 5.96 Å². The van der Waals surface area contributed by atoms with Crippen LogP contribution in [0.3, 0.4) is 0 Å². The number of nitrogens with zero attached hydrogens (tertiary/aromatic N) is 2. The second-order valence-electron chi connectivity index (χ2n) is 15.4. The second kappa shape index (κ2) is 23.6. The van der Waals surface area contributed by atoms with Crippen LogP contribution in [0.4, 0.5) is 4.39 Å². The predicted octanol–water partition coefficient (Wildman–Crippen LogP) is -0.756. The van der Waals surface area contributed by atoms with E-state index in [1.807, 2.05) is 0 Å². The highest BCUT2D eigenvalue weighted by molar-refractivity contribution is 5.96. The number of carboxylic acids is 1. The largest absolute Gasteiger partial charge is 0.481 e. The fraction of sp³-hybridized carbons (Fsp3) is 0.615. The van der Waals surface area contributed by atoms with Crippen molar-refractivity contribution in [2.24, 2.45) is 34.2 Å². The van der Waals surface area contributed by atoms with Crippen LogP contribution in [-0.2, 0) is 33.6 Å². The van der Waals surface area contributed by atoms with E-state index in [1.54, 1.807) is 13.8 Å². The molecule has 1 heterocycles. The molecule has 2 aliphatic rings. The summed E-state index contributed by atoms with van der Waals surface area (Å²) in [6.45, 7) is 3.37. The highest BCUT2D eigenvalue weighted by Gasteiger charge is 2.38. The molecule has 6 atom stereocenters. The Bertz CT molecular complexity index is 1690. The van der Waals surface area contributed by atoms with E-state index < -0.39 is 90.3 Å². The van der Waals surface area contributed by atoms with Gasteiger partial charge in [-0.05, 0) is 81.0 Å². The van der Waals surface area contributed by atoms with Crippen LogP contribution in [0.25, 0.3) is 0 Å². The molecule has 2 bridgehead atoms. The van der Waals surface area contributed by atoms with Crippen molar-refractivity contribution in [3.8, 4) is 0 Å². The Hall–Kier alpha value is -5.82. The first-order chi connectivity index (χ1) is 27.9. The molecule has 3 unspecified atom stereocenters. The molecule has 1 aliphatic carbocycles. The summed E-state index contributed by atoms with van der Waals surface area (Å²) in [6, 6.07) is 1.04. The van der Waals surface area contributed by atoms with Crippen LogP contribution in [0.15, 0.2) is 29.3 Å². The lowest BCUT2D eigenvalue weighted by atomic mass is 9.77. The van der Waals surface area contributed by atoms with Gasteiger partial charge in [-0.25, -0.2) is 4.39 Å². The molecule has 3 rings (SSSR count). The summed E-state index contributed by atoms with van der Waals surface area (Å²) in [5, 5.41) is 25.6. The molecular weight excluding hydrogens is 770 g/mol. The van der Waals surface area contributed by atoms with E-state index in [0.717, 1.165) is 0 Å². The number of amides is 7. The highest BCUT2D eigenvalue weighted by Crippen LogP contribution is 2.30. The monoisotopic (exact) mass is 829 g/mol. The number of unbranched alkanes of at least 4 members (excludes halogenated alkanes) is 2. The molecular formula is C39H59FN10O9. The standard InChI is InChI=1S/C39H59FN10O9/c1-22(2)33-38(59)50(3)29(8-7-15-44-39(41)42)37(58)46-21-31(52)48-28(19-32(53)54)36(57)45-20-23-16-25(35(56)49-33)18-27(17-23)47-30(51)9-5-4-6-14-43-34(55)24-10-12-26(40)13-11-24/h10-13,22-23,25,27-29,33H,4-9,14-21H2,1-3H3,(H,43,55)(H,45,57)(H,46,58)(H,47,51)(H,48,52)(H,49,56)(H,53,54)(H4,41,42,44)/t23?,25?,27?,28-,29-,33+/m0/s1/i40-1. The number of nitrogens with two attached hydrogens (primary N) is 2. The molecule has 59 heavy (non-hydrogen) atoms. The first kappa shape index (κ1) is 47.6. The number of aliphatic imine (C=N–C) groups is 1. The van der Waals surface area contributed by atoms with E-state index in [4.69, 9.17) is 11.5 Å². The number of aliphatic carboxylic acids is 1. The zero-order valence-electron chi connectivity index (χ0n) is 33.9. The van der Waals surface area contributed by atoms with Crippen LogP contribution < -0.4 is 43.4 Å². The number of rotatable bonds is 15. The lowest BCUT2D eigenvalue weighted by Crippen LogP contribution is -2.58. The molecule has 0 aromatic heterocycles. The van der Waals surface area contributed by atoms with Crippen molar-refractivity contribution in [3.05, 3.63) is 35.6 Å². The number of guanidine groups is 1. The Labute approximate surface area is 342 Å². The third-order valence-corrected chi connectivity index (χ3v) is 10.3. The number of carbonyl (C=O) groups is 8. The summed E-state index contributed by atoms with van der Waals surface area (Å²) in [7, 11) is 1.41. The smallest absolute Gasteiger partial charge is 0.305 e. The Morgan fingerprint density at radius 2 is 1.64 bits per heavy atom. The number of carboxylic acid groups (broad SMARTS) is 1. The zero-order chi connectivity index (χ0) is 43.6. The molecule has 1 saturated carbocycles. The van der Waals surface area contributed by atoms with Gasteiger partial charge in [-0.1, -0.05) is 20.3 Å². The van der Waals surface area contributed by atoms with Crippen LogP contribution >= 0.6 is 0 Å². The highest BCUT2D eigenvalue weighted by atomic mass is 18.2. The van der Waals surface area contributed by atoms with E-state index in [2.05, 4.69) is 36.9 Å². The lowest BCUT2D eigenvalue weighted by molar-refractivity contribution is -0.144.